The predicted octanol–water partition coefficient (Wildman–Crippen LogP) is 4.46. The largest absolute Gasteiger partial charge is 0.458 e. The first kappa shape index (κ1) is 19.9. The lowest BCUT2D eigenvalue weighted by molar-refractivity contribution is -0.116. The molecule has 1 N–H and O–H groups in total. The van der Waals surface area contributed by atoms with E-state index in [4.69, 9.17) is 4.74 Å². The Hall–Kier alpha value is -2.88. The summed E-state index contributed by atoms with van der Waals surface area (Å²) in [7, 11) is 0. The van der Waals surface area contributed by atoms with Crippen LogP contribution in [0, 0.1) is 23.3 Å². The summed E-state index contributed by atoms with van der Waals surface area (Å²) in [4.78, 5) is 25.2. The van der Waals surface area contributed by atoms with E-state index >= 15 is 0 Å². The molecule has 3 rings (SSSR count). The van der Waals surface area contributed by atoms with Gasteiger partial charge in [-0.15, -0.1) is 11.3 Å². The molecule has 148 valence electrons. The first-order chi connectivity index (χ1) is 13.2. The Kier molecular flexibility index (Phi) is 5.41. The van der Waals surface area contributed by atoms with Gasteiger partial charge < -0.3 is 14.6 Å². The maximum Gasteiger partial charge on any atom is 0.355 e. The number of benzene rings is 1. The first-order valence-corrected chi connectivity index (χ1v) is 8.97. The minimum Gasteiger partial charge on any atom is -0.458 e. The van der Waals surface area contributed by atoms with E-state index in [1.807, 2.05) is 5.32 Å². The molecule has 0 saturated carbocycles. The Morgan fingerprint density at radius 2 is 1.79 bits per heavy atom. The van der Waals surface area contributed by atoms with Crippen molar-refractivity contribution >= 4 is 39.1 Å². The molecular weight excluding hydrogens is 400 g/mol. The Morgan fingerprint density at radius 1 is 1.14 bits per heavy atom. The summed E-state index contributed by atoms with van der Waals surface area (Å²) in [6.07, 6.45) is -0.402. The van der Waals surface area contributed by atoms with Crippen LogP contribution < -0.4 is 5.32 Å². The highest BCUT2D eigenvalue weighted by molar-refractivity contribution is 7.16. The van der Waals surface area contributed by atoms with Gasteiger partial charge in [-0.3, -0.25) is 4.79 Å². The van der Waals surface area contributed by atoms with Gasteiger partial charge in [0.15, 0.2) is 23.3 Å². The average Bonchev–Trinajstić information content (AvgIpc) is 3.19. The standard InChI is InChI=1S/C18H14F4N2O3S/c1-8(2)27-18(26)12-5-9-3-4-28-17(9)24(12)7-13(25)23-16-14(21)10(19)6-11(20)15(16)22/h3-6,8H,7H2,1-2H3,(H,23,25). The van der Waals surface area contributed by atoms with Gasteiger partial charge in [0, 0.05) is 11.5 Å². The highest BCUT2D eigenvalue weighted by Crippen LogP contribution is 2.27. The van der Waals surface area contributed by atoms with Crippen LogP contribution >= 0.6 is 11.3 Å². The van der Waals surface area contributed by atoms with Crippen molar-refractivity contribution in [3.05, 3.63) is 52.5 Å². The Balaban J connectivity index is 1.92. The molecular formula is C18H14F4N2O3S. The lowest BCUT2D eigenvalue weighted by Gasteiger charge is -2.13. The van der Waals surface area contributed by atoms with Crippen LogP contribution in [0.2, 0.25) is 0 Å². The van der Waals surface area contributed by atoms with Crippen molar-refractivity contribution in [3.8, 4) is 0 Å². The number of hydrogen-bond acceptors (Lipinski definition) is 4. The third-order valence-corrected chi connectivity index (χ3v) is 4.68. The molecule has 0 fully saturated rings. The molecule has 0 spiro atoms. The number of aromatic nitrogens is 1. The van der Waals surface area contributed by atoms with Gasteiger partial charge in [-0.25, -0.2) is 22.4 Å². The molecule has 0 saturated heterocycles. The van der Waals surface area contributed by atoms with E-state index in [9.17, 15) is 27.2 Å². The molecule has 0 aliphatic heterocycles. The van der Waals surface area contributed by atoms with Gasteiger partial charge in [-0.05, 0) is 31.4 Å². The molecule has 0 radical (unpaired) electrons. The van der Waals surface area contributed by atoms with Crippen LogP contribution in [-0.4, -0.2) is 22.5 Å². The van der Waals surface area contributed by atoms with Crippen molar-refractivity contribution in [2.45, 2.75) is 26.5 Å². The highest BCUT2D eigenvalue weighted by atomic mass is 32.1. The van der Waals surface area contributed by atoms with Crippen LogP contribution in [0.25, 0.3) is 10.2 Å². The summed E-state index contributed by atoms with van der Waals surface area (Å²) in [6, 6.07) is 3.29. The SMILES string of the molecule is CC(C)OC(=O)c1cc2ccsc2n1CC(=O)Nc1c(F)c(F)cc(F)c1F. The van der Waals surface area contributed by atoms with Crippen molar-refractivity contribution in [2.24, 2.45) is 0 Å². The molecule has 2 aromatic heterocycles. The van der Waals surface area contributed by atoms with Crippen molar-refractivity contribution < 1.29 is 31.9 Å². The second-order valence-electron chi connectivity index (χ2n) is 6.14. The number of anilines is 1. The number of nitrogens with one attached hydrogen (secondary N) is 1. The molecule has 0 bridgehead atoms. The van der Waals surface area contributed by atoms with Gasteiger partial charge in [-0.1, -0.05) is 0 Å². The fourth-order valence-corrected chi connectivity index (χ4v) is 3.48. The molecule has 28 heavy (non-hydrogen) atoms. The number of ether oxygens (including phenoxy) is 1. The minimum absolute atomic E-state index is 0.0431. The number of halogens is 4. The zero-order valence-corrected chi connectivity index (χ0v) is 15.5. The van der Waals surface area contributed by atoms with E-state index in [1.165, 1.54) is 22.0 Å². The summed E-state index contributed by atoms with van der Waals surface area (Å²) < 4.78 is 60.6. The molecule has 3 aromatic rings. The van der Waals surface area contributed by atoms with Crippen molar-refractivity contribution in [1.29, 1.82) is 0 Å². The van der Waals surface area contributed by atoms with E-state index < -0.39 is 53.5 Å². The lowest BCUT2D eigenvalue weighted by Crippen LogP contribution is -2.24. The number of carbonyl (C=O) groups excluding carboxylic acids is 2. The van der Waals surface area contributed by atoms with Crippen LogP contribution in [0.5, 0.6) is 0 Å². The third kappa shape index (κ3) is 3.72. The van der Waals surface area contributed by atoms with Gasteiger partial charge in [0.2, 0.25) is 5.91 Å². The molecule has 2 heterocycles. The molecule has 5 nitrogen and oxygen atoms in total. The number of esters is 1. The van der Waals surface area contributed by atoms with E-state index in [-0.39, 0.29) is 11.8 Å². The molecule has 1 amide bonds. The highest BCUT2D eigenvalue weighted by Gasteiger charge is 2.24. The Labute approximate surface area is 160 Å². The van der Waals surface area contributed by atoms with Gasteiger partial charge in [0.25, 0.3) is 0 Å². The Bertz CT molecular complexity index is 1050. The van der Waals surface area contributed by atoms with Crippen LogP contribution in [0.1, 0.15) is 24.3 Å². The molecule has 0 aliphatic rings. The van der Waals surface area contributed by atoms with Crippen LogP contribution in [0.4, 0.5) is 23.2 Å². The van der Waals surface area contributed by atoms with Gasteiger partial charge in [-0.2, -0.15) is 0 Å². The molecule has 10 heteroatoms. The zero-order valence-electron chi connectivity index (χ0n) is 14.7. The van der Waals surface area contributed by atoms with E-state index in [2.05, 4.69) is 0 Å². The first-order valence-electron chi connectivity index (χ1n) is 8.09. The maximum atomic E-state index is 13.8. The van der Waals surface area contributed by atoms with Crippen LogP contribution in [-0.2, 0) is 16.1 Å². The lowest BCUT2D eigenvalue weighted by atomic mass is 10.2. The molecule has 0 unspecified atom stereocenters. The van der Waals surface area contributed by atoms with E-state index in [0.717, 1.165) is 0 Å². The second-order valence-corrected chi connectivity index (χ2v) is 7.04. The molecule has 0 aliphatic carbocycles. The fourth-order valence-electron chi connectivity index (χ4n) is 2.58. The predicted molar refractivity (Wildman–Crippen MR) is 95.3 cm³/mol. The molecule has 0 atom stereocenters. The monoisotopic (exact) mass is 414 g/mol. The van der Waals surface area contributed by atoms with Gasteiger partial charge in [0.05, 0.1) is 6.10 Å². The minimum atomic E-state index is -1.72. The topological polar surface area (TPSA) is 60.3 Å². The quantitative estimate of drug-likeness (QED) is 0.381. The third-order valence-electron chi connectivity index (χ3n) is 3.73. The number of nitrogens with zero attached hydrogens (tertiary/aromatic N) is 1. The zero-order chi connectivity index (χ0) is 20.6. The maximum absolute atomic E-state index is 13.8. The van der Waals surface area contributed by atoms with Crippen molar-refractivity contribution in [1.82, 2.24) is 4.57 Å². The number of fused-ring (bicyclic) bond motifs is 1. The summed E-state index contributed by atoms with van der Waals surface area (Å²) in [6.45, 7) is 2.79. The number of amides is 1. The van der Waals surface area contributed by atoms with Gasteiger partial charge >= 0.3 is 5.97 Å². The normalized spacial score (nSPS) is 11.2. The van der Waals surface area contributed by atoms with E-state index in [1.54, 1.807) is 25.3 Å². The second kappa shape index (κ2) is 7.63. The fraction of sp³-hybridized carbons (Fsp3) is 0.222. The summed E-state index contributed by atoms with van der Waals surface area (Å²) in [5.41, 5.74) is -1.17. The van der Waals surface area contributed by atoms with Gasteiger partial charge in [0.1, 0.15) is 22.8 Å². The van der Waals surface area contributed by atoms with Crippen molar-refractivity contribution in [2.75, 3.05) is 5.32 Å². The summed E-state index contributed by atoms with van der Waals surface area (Å²) in [5, 5.41) is 4.23. The summed E-state index contributed by atoms with van der Waals surface area (Å²) in [5.74, 6) is -8.39. The number of rotatable bonds is 5. The van der Waals surface area contributed by atoms with Crippen molar-refractivity contribution in [3.63, 3.8) is 0 Å². The number of carbonyl (C=O) groups is 2. The number of thiophene rings is 1. The Morgan fingerprint density at radius 3 is 2.39 bits per heavy atom. The summed E-state index contributed by atoms with van der Waals surface area (Å²) >= 11 is 1.24. The number of hydrogen-bond donors (Lipinski definition) is 1. The van der Waals surface area contributed by atoms with Crippen LogP contribution in [0.3, 0.4) is 0 Å². The van der Waals surface area contributed by atoms with Crippen LogP contribution in [0.15, 0.2) is 23.6 Å². The smallest absolute Gasteiger partial charge is 0.355 e. The average molecular weight is 414 g/mol. The molecule has 1 aromatic carbocycles. The van der Waals surface area contributed by atoms with E-state index in [0.29, 0.717) is 10.2 Å².